The van der Waals surface area contributed by atoms with Crippen molar-refractivity contribution in [1.82, 2.24) is 0 Å². The number of aryl methyl sites for hydroxylation is 1. The molecule has 1 heterocycles. The summed E-state index contributed by atoms with van der Waals surface area (Å²) >= 11 is 0. The number of nitrogens with two attached hydrogens (primary N) is 1. The average Bonchev–Trinajstić information content (AvgIpc) is 2.45. The molecule has 2 N–H and O–H groups in total. The summed E-state index contributed by atoms with van der Waals surface area (Å²) in [6, 6.07) is 6.21. The fraction of sp³-hybridized carbons (Fsp3) is 0.588. The Labute approximate surface area is 126 Å². The highest BCUT2D eigenvalue weighted by molar-refractivity contribution is 5.97. The van der Waals surface area contributed by atoms with Crippen molar-refractivity contribution in [2.45, 2.75) is 51.7 Å². The quantitative estimate of drug-likeness (QED) is 0.864. The van der Waals surface area contributed by atoms with Gasteiger partial charge in [-0.25, -0.2) is 0 Å². The van der Waals surface area contributed by atoms with Gasteiger partial charge in [0.15, 0.2) is 0 Å². The number of carbonyl (C=O) groups excluding carboxylic acids is 1. The van der Waals surface area contributed by atoms with Crippen LogP contribution in [0.4, 0.5) is 5.69 Å². The van der Waals surface area contributed by atoms with Crippen LogP contribution in [0.2, 0.25) is 0 Å². The Kier molecular flexibility index (Phi) is 3.89. The van der Waals surface area contributed by atoms with Gasteiger partial charge < -0.3 is 15.4 Å². The van der Waals surface area contributed by atoms with Crippen molar-refractivity contribution in [2.24, 2.45) is 11.7 Å². The molecule has 0 spiro atoms. The predicted octanol–water partition coefficient (Wildman–Crippen LogP) is 2.63. The van der Waals surface area contributed by atoms with E-state index in [1.165, 1.54) is 0 Å². The number of anilines is 1. The Morgan fingerprint density at radius 1 is 1.38 bits per heavy atom. The first-order chi connectivity index (χ1) is 10.0. The molecule has 2 aliphatic rings. The van der Waals surface area contributed by atoms with E-state index in [9.17, 15) is 4.79 Å². The Hall–Kier alpha value is -1.55. The Bertz CT molecular complexity index is 544. The molecule has 0 unspecified atom stereocenters. The van der Waals surface area contributed by atoms with Gasteiger partial charge in [-0.1, -0.05) is 12.5 Å². The summed E-state index contributed by atoms with van der Waals surface area (Å²) in [6.45, 7) is 4.67. The highest BCUT2D eigenvalue weighted by Gasteiger charge is 2.34. The van der Waals surface area contributed by atoms with Crippen LogP contribution in [0.1, 0.15) is 38.2 Å². The predicted molar refractivity (Wildman–Crippen MR) is 83.6 cm³/mol. The second-order valence-corrected chi connectivity index (χ2v) is 6.47. The van der Waals surface area contributed by atoms with E-state index >= 15 is 0 Å². The third-order valence-corrected chi connectivity index (χ3v) is 4.50. The highest BCUT2D eigenvalue weighted by Crippen LogP contribution is 2.36. The lowest BCUT2D eigenvalue weighted by molar-refractivity contribution is -0.124. The van der Waals surface area contributed by atoms with E-state index in [1.807, 2.05) is 36.9 Å². The van der Waals surface area contributed by atoms with Gasteiger partial charge in [0, 0.05) is 12.0 Å². The van der Waals surface area contributed by atoms with Crippen molar-refractivity contribution in [3.8, 4) is 5.75 Å². The standard InChI is InChI=1S/C17H24N2O2/c1-11-6-7-15-16(8-11)21-12(2)10-19(15)17(20)13-4-3-5-14(18)9-13/h6-8,12-14H,3-5,9-10,18H2,1-2H3/t12-,13+,14+/m1/s1. The normalized spacial score (nSPS) is 28.7. The zero-order chi connectivity index (χ0) is 15.0. The lowest BCUT2D eigenvalue weighted by Gasteiger charge is -2.37. The minimum atomic E-state index is 0.0283. The Balaban J connectivity index is 1.86. The molecule has 3 atom stereocenters. The van der Waals surface area contributed by atoms with Gasteiger partial charge in [-0.15, -0.1) is 0 Å². The van der Waals surface area contributed by atoms with Crippen molar-refractivity contribution in [3.05, 3.63) is 23.8 Å². The molecule has 1 fully saturated rings. The lowest BCUT2D eigenvalue weighted by atomic mass is 9.85. The van der Waals surface area contributed by atoms with Crippen LogP contribution in [0.25, 0.3) is 0 Å². The molecule has 1 aromatic rings. The molecular weight excluding hydrogens is 264 g/mol. The number of ether oxygens (including phenoxy) is 1. The minimum Gasteiger partial charge on any atom is -0.487 e. The number of nitrogens with zero attached hydrogens (tertiary/aromatic N) is 1. The molecule has 0 bridgehead atoms. The molecule has 0 radical (unpaired) electrons. The number of rotatable bonds is 1. The summed E-state index contributed by atoms with van der Waals surface area (Å²) in [5.74, 6) is 1.10. The zero-order valence-corrected chi connectivity index (χ0v) is 12.8. The molecule has 1 aromatic carbocycles. The average molecular weight is 288 g/mol. The molecule has 114 valence electrons. The zero-order valence-electron chi connectivity index (χ0n) is 12.8. The summed E-state index contributed by atoms with van der Waals surface area (Å²) in [7, 11) is 0. The summed E-state index contributed by atoms with van der Waals surface area (Å²) in [4.78, 5) is 14.8. The van der Waals surface area contributed by atoms with Crippen molar-refractivity contribution < 1.29 is 9.53 Å². The van der Waals surface area contributed by atoms with E-state index in [-0.39, 0.29) is 24.0 Å². The molecule has 1 saturated carbocycles. The summed E-state index contributed by atoms with van der Waals surface area (Å²) < 4.78 is 5.88. The fourth-order valence-electron chi connectivity index (χ4n) is 3.43. The number of hydrogen-bond acceptors (Lipinski definition) is 3. The minimum absolute atomic E-state index is 0.0283. The van der Waals surface area contributed by atoms with E-state index in [0.29, 0.717) is 6.54 Å². The van der Waals surface area contributed by atoms with Crippen LogP contribution in [0, 0.1) is 12.8 Å². The fourth-order valence-corrected chi connectivity index (χ4v) is 3.43. The van der Waals surface area contributed by atoms with Gasteiger partial charge in [0.25, 0.3) is 0 Å². The molecule has 1 amide bonds. The van der Waals surface area contributed by atoms with Gasteiger partial charge in [0.1, 0.15) is 11.9 Å². The van der Waals surface area contributed by atoms with E-state index in [0.717, 1.165) is 42.7 Å². The van der Waals surface area contributed by atoms with E-state index in [2.05, 4.69) is 0 Å². The van der Waals surface area contributed by atoms with Crippen molar-refractivity contribution in [1.29, 1.82) is 0 Å². The number of fused-ring (bicyclic) bond motifs is 1. The first kappa shape index (κ1) is 14.4. The van der Waals surface area contributed by atoms with E-state index in [4.69, 9.17) is 10.5 Å². The van der Waals surface area contributed by atoms with Gasteiger partial charge in [-0.3, -0.25) is 4.79 Å². The van der Waals surface area contributed by atoms with Gasteiger partial charge in [0.05, 0.1) is 12.2 Å². The van der Waals surface area contributed by atoms with E-state index < -0.39 is 0 Å². The Morgan fingerprint density at radius 3 is 2.95 bits per heavy atom. The second kappa shape index (κ2) is 5.68. The molecule has 0 aromatic heterocycles. The molecule has 1 aliphatic carbocycles. The molecule has 4 heteroatoms. The van der Waals surface area contributed by atoms with Crippen LogP contribution in [-0.4, -0.2) is 24.6 Å². The van der Waals surface area contributed by atoms with Crippen molar-refractivity contribution in [3.63, 3.8) is 0 Å². The van der Waals surface area contributed by atoms with Crippen LogP contribution in [0.3, 0.4) is 0 Å². The first-order valence-electron chi connectivity index (χ1n) is 7.89. The molecule has 0 saturated heterocycles. The second-order valence-electron chi connectivity index (χ2n) is 6.47. The van der Waals surface area contributed by atoms with Crippen LogP contribution in [-0.2, 0) is 4.79 Å². The molecular formula is C17H24N2O2. The van der Waals surface area contributed by atoms with Crippen molar-refractivity contribution >= 4 is 11.6 Å². The summed E-state index contributed by atoms with van der Waals surface area (Å²) in [5.41, 5.74) is 8.09. The third-order valence-electron chi connectivity index (χ3n) is 4.50. The molecule has 4 nitrogen and oxygen atoms in total. The van der Waals surface area contributed by atoms with Crippen molar-refractivity contribution in [2.75, 3.05) is 11.4 Å². The molecule has 21 heavy (non-hydrogen) atoms. The maximum Gasteiger partial charge on any atom is 0.230 e. The summed E-state index contributed by atoms with van der Waals surface area (Å²) in [6.07, 6.45) is 3.89. The van der Waals surface area contributed by atoms with E-state index in [1.54, 1.807) is 0 Å². The van der Waals surface area contributed by atoms with Crippen LogP contribution >= 0.6 is 0 Å². The number of carbonyl (C=O) groups is 1. The monoisotopic (exact) mass is 288 g/mol. The lowest BCUT2D eigenvalue weighted by Crippen LogP contribution is -2.46. The van der Waals surface area contributed by atoms with Gasteiger partial charge in [-0.2, -0.15) is 0 Å². The maximum absolute atomic E-state index is 12.9. The van der Waals surface area contributed by atoms with Crippen LogP contribution < -0.4 is 15.4 Å². The summed E-state index contributed by atoms with van der Waals surface area (Å²) in [5, 5.41) is 0. The molecule has 3 rings (SSSR count). The highest BCUT2D eigenvalue weighted by atomic mass is 16.5. The Morgan fingerprint density at radius 2 is 2.19 bits per heavy atom. The van der Waals surface area contributed by atoms with Gasteiger partial charge in [0.2, 0.25) is 5.91 Å². The maximum atomic E-state index is 12.9. The van der Waals surface area contributed by atoms with Crippen LogP contribution in [0.5, 0.6) is 5.75 Å². The van der Waals surface area contributed by atoms with Gasteiger partial charge >= 0.3 is 0 Å². The van der Waals surface area contributed by atoms with Crippen LogP contribution in [0.15, 0.2) is 18.2 Å². The third kappa shape index (κ3) is 2.91. The smallest absolute Gasteiger partial charge is 0.230 e. The SMILES string of the molecule is Cc1ccc2c(c1)O[C@H](C)CN2C(=O)[C@H]1CCC[C@H](N)C1. The van der Waals surface area contributed by atoms with Gasteiger partial charge in [-0.05, 0) is 50.8 Å². The number of amides is 1. The topological polar surface area (TPSA) is 55.6 Å². The molecule has 1 aliphatic heterocycles. The number of benzene rings is 1. The first-order valence-corrected chi connectivity index (χ1v) is 7.89. The number of hydrogen-bond donors (Lipinski definition) is 1. The largest absolute Gasteiger partial charge is 0.487 e.